The maximum atomic E-state index is 5.95. The van der Waals surface area contributed by atoms with Crippen LogP contribution in [0.2, 0.25) is 0 Å². The van der Waals surface area contributed by atoms with Gasteiger partial charge in [0.15, 0.2) is 5.96 Å². The Morgan fingerprint density at radius 1 is 1.16 bits per heavy atom. The van der Waals surface area contributed by atoms with Crippen LogP contribution in [0.4, 0.5) is 0 Å². The van der Waals surface area contributed by atoms with Gasteiger partial charge in [0.2, 0.25) is 0 Å². The van der Waals surface area contributed by atoms with E-state index in [0.29, 0.717) is 12.1 Å². The Labute approximate surface area is 170 Å². The van der Waals surface area contributed by atoms with Crippen molar-refractivity contribution < 1.29 is 9.47 Å². The third-order valence-electron chi connectivity index (χ3n) is 5.05. The zero-order valence-corrected chi connectivity index (χ0v) is 18.5. The van der Waals surface area contributed by atoms with Gasteiger partial charge in [-0.1, -0.05) is 0 Å². The molecule has 7 heteroatoms. The van der Waals surface area contributed by atoms with Crippen molar-refractivity contribution in [2.45, 2.75) is 51.2 Å². The number of hydrogen-bond donors (Lipinski definition) is 1. The van der Waals surface area contributed by atoms with Crippen molar-refractivity contribution in [2.75, 3.05) is 60.1 Å². The van der Waals surface area contributed by atoms with E-state index in [0.717, 1.165) is 64.6 Å². The van der Waals surface area contributed by atoms with Crippen LogP contribution in [0.5, 0.6) is 0 Å². The molecule has 0 aromatic carbocycles. The highest BCUT2D eigenvalue weighted by Crippen LogP contribution is 2.16. The van der Waals surface area contributed by atoms with Gasteiger partial charge in [0, 0.05) is 46.0 Å². The average molecular weight is 468 g/mol. The van der Waals surface area contributed by atoms with Crippen molar-refractivity contribution in [3.05, 3.63) is 0 Å². The minimum absolute atomic E-state index is 0. The number of likely N-dealkylation sites (N-methyl/N-ethyl adjacent to an activating group) is 1. The maximum absolute atomic E-state index is 5.95. The molecule has 1 N–H and O–H groups in total. The van der Waals surface area contributed by atoms with E-state index in [9.17, 15) is 0 Å². The second-order valence-electron chi connectivity index (χ2n) is 6.87. The number of hydrogen-bond acceptors (Lipinski definition) is 4. The van der Waals surface area contributed by atoms with Crippen LogP contribution in [0.15, 0.2) is 4.99 Å². The molecule has 0 saturated carbocycles. The van der Waals surface area contributed by atoms with Gasteiger partial charge in [-0.25, -0.2) is 0 Å². The molecule has 2 aliphatic rings. The number of nitrogens with one attached hydrogen (secondary N) is 1. The van der Waals surface area contributed by atoms with Crippen LogP contribution >= 0.6 is 24.0 Å². The molecule has 2 heterocycles. The number of aliphatic imine (C=N–C) groups is 1. The summed E-state index contributed by atoms with van der Waals surface area (Å²) in [5, 5.41) is 3.47. The van der Waals surface area contributed by atoms with Gasteiger partial charge in [0.25, 0.3) is 0 Å². The summed E-state index contributed by atoms with van der Waals surface area (Å²) in [7, 11) is 3.95. The topological polar surface area (TPSA) is 49.3 Å². The summed E-state index contributed by atoms with van der Waals surface area (Å²) in [6, 6.07) is 0.611. The van der Waals surface area contributed by atoms with E-state index in [4.69, 9.17) is 14.5 Å². The zero-order chi connectivity index (χ0) is 17.2. The van der Waals surface area contributed by atoms with Crippen LogP contribution in [0.1, 0.15) is 39.0 Å². The third-order valence-corrected chi connectivity index (χ3v) is 5.05. The summed E-state index contributed by atoms with van der Waals surface area (Å²) < 4.78 is 11.0. The number of piperidine rings is 1. The predicted octanol–water partition coefficient (Wildman–Crippen LogP) is 2.18. The zero-order valence-electron chi connectivity index (χ0n) is 16.2. The van der Waals surface area contributed by atoms with Crippen molar-refractivity contribution in [1.29, 1.82) is 0 Å². The second-order valence-corrected chi connectivity index (χ2v) is 6.87. The fraction of sp³-hybridized carbons (Fsp3) is 0.944. The van der Waals surface area contributed by atoms with Gasteiger partial charge < -0.3 is 24.6 Å². The molecule has 2 saturated heterocycles. The maximum Gasteiger partial charge on any atom is 0.193 e. The van der Waals surface area contributed by atoms with Crippen molar-refractivity contribution in [3.8, 4) is 0 Å². The van der Waals surface area contributed by atoms with Gasteiger partial charge in [-0.15, -0.1) is 24.0 Å². The molecule has 1 unspecified atom stereocenters. The summed E-state index contributed by atoms with van der Waals surface area (Å²) in [4.78, 5) is 9.75. The fourth-order valence-electron chi connectivity index (χ4n) is 3.52. The molecule has 148 valence electrons. The molecule has 2 rings (SSSR count). The van der Waals surface area contributed by atoms with Gasteiger partial charge in [-0.2, -0.15) is 0 Å². The van der Waals surface area contributed by atoms with E-state index >= 15 is 0 Å². The minimum atomic E-state index is 0. The van der Waals surface area contributed by atoms with Crippen LogP contribution in [0.3, 0.4) is 0 Å². The number of guanidine groups is 1. The van der Waals surface area contributed by atoms with Gasteiger partial charge in [0.1, 0.15) is 0 Å². The molecule has 0 aliphatic carbocycles. The van der Waals surface area contributed by atoms with Crippen molar-refractivity contribution >= 4 is 29.9 Å². The van der Waals surface area contributed by atoms with E-state index < -0.39 is 0 Å². The molecule has 0 aromatic heterocycles. The van der Waals surface area contributed by atoms with Crippen molar-refractivity contribution in [2.24, 2.45) is 4.99 Å². The molecule has 0 aromatic rings. The van der Waals surface area contributed by atoms with Gasteiger partial charge in [-0.05, 0) is 52.6 Å². The molecule has 0 bridgehead atoms. The van der Waals surface area contributed by atoms with Crippen molar-refractivity contribution in [3.63, 3.8) is 0 Å². The Balaban J connectivity index is 0.00000312. The smallest absolute Gasteiger partial charge is 0.193 e. The summed E-state index contributed by atoms with van der Waals surface area (Å²) in [5.74, 6) is 1.08. The normalized spacial score (nSPS) is 22.9. The van der Waals surface area contributed by atoms with E-state index in [1.165, 1.54) is 19.4 Å². The summed E-state index contributed by atoms with van der Waals surface area (Å²) in [6.45, 7) is 8.83. The number of ether oxygens (including phenoxy) is 2. The molecule has 0 radical (unpaired) electrons. The molecule has 0 spiro atoms. The highest BCUT2D eigenvalue weighted by Gasteiger charge is 2.24. The second kappa shape index (κ2) is 13.1. The first-order valence-electron chi connectivity index (χ1n) is 9.58. The largest absolute Gasteiger partial charge is 0.385 e. The lowest BCUT2D eigenvalue weighted by atomic mass is 10.1. The number of rotatable bonds is 8. The van der Waals surface area contributed by atoms with Crippen LogP contribution in [-0.2, 0) is 9.47 Å². The van der Waals surface area contributed by atoms with E-state index in [1.54, 1.807) is 7.11 Å². The molecule has 2 aliphatic heterocycles. The molecule has 1 atom stereocenters. The van der Waals surface area contributed by atoms with Crippen LogP contribution in [0.25, 0.3) is 0 Å². The van der Waals surface area contributed by atoms with Crippen LogP contribution in [0, 0.1) is 0 Å². The molecule has 2 fully saturated rings. The molecule has 6 nitrogen and oxygen atoms in total. The summed E-state index contributed by atoms with van der Waals surface area (Å²) in [6.07, 6.45) is 6.12. The Bertz CT molecular complexity index is 376. The number of nitrogens with zero attached hydrogens (tertiary/aromatic N) is 3. The van der Waals surface area contributed by atoms with Crippen LogP contribution < -0.4 is 5.32 Å². The summed E-state index contributed by atoms with van der Waals surface area (Å²) >= 11 is 0. The quantitative estimate of drug-likeness (QED) is 0.256. The van der Waals surface area contributed by atoms with E-state index in [-0.39, 0.29) is 24.0 Å². The first-order chi connectivity index (χ1) is 11.7. The fourth-order valence-corrected chi connectivity index (χ4v) is 3.52. The third kappa shape index (κ3) is 7.97. The van der Waals surface area contributed by atoms with Gasteiger partial charge in [-0.3, -0.25) is 4.99 Å². The lowest BCUT2D eigenvalue weighted by molar-refractivity contribution is 0.00989. The van der Waals surface area contributed by atoms with Gasteiger partial charge in [0.05, 0.1) is 12.6 Å². The average Bonchev–Trinajstić information content (AvgIpc) is 3.01. The van der Waals surface area contributed by atoms with Gasteiger partial charge >= 0.3 is 0 Å². The standard InChI is InChI=1S/C18H36N4O2.HI/c1-4-19-18(20-15-16-7-5-10-21(16)2)22-11-8-17(9-12-22)24-14-6-13-23-3;/h16-17H,4-15H2,1-3H3,(H,19,20);1H. The van der Waals surface area contributed by atoms with Crippen LogP contribution in [-0.4, -0.2) is 88.0 Å². The highest BCUT2D eigenvalue weighted by atomic mass is 127. The number of halogens is 1. The Kier molecular flexibility index (Phi) is 12.0. The number of methoxy groups -OCH3 is 1. The molecule has 0 amide bonds. The minimum Gasteiger partial charge on any atom is -0.385 e. The number of likely N-dealkylation sites (tertiary alicyclic amines) is 2. The first kappa shape index (κ1) is 22.9. The predicted molar refractivity (Wildman–Crippen MR) is 114 cm³/mol. The highest BCUT2D eigenvalue weighted by molar-refractivity contribution is 14.0. The summed E-state index contributed by atoms with van der Waals surface area (Å²) in [5.41, 5.74) is 0. The lowest BCUT2D eigenvalue weighted by Gasteiger charge is -2.34. The van der Waals surface area contributed by atoms with E-state index in [2.05, 4.69) is 29.1 Å². The molecule has 25 heavy (non-hydrogen) atoms. The SMILES string of the molecule is CCNC(=NCC1CCCN1C)N1CCC(OCCCOC)CC1.I. The molecular formula is C18H37IN4O2. The Morgan fingerprint density at radius 3 is 2.52 bits per heavy atom. The lowest BCUT2D eigenvalue weighted by Crippen LogP contribution is -2.47. The molecular weight excluding hydrogens is 431 g/mol. The Morgan fingerprint density at radius 2 is 1.92 bits per heavy atom. The van der Waals surface area contributed by atoms with E-state index in [1.807, 2.05) is 0 Å². The Hall–Kier alpha value is -0.120. The first-order valence-corrected chi connectivity index (χ1v) is 9.58. The monoisotopic (exact) mass is 468 g/mol. The van der Waals surface area contributed by atoms with Crippen molar-refractivity contribution in [1.82, 2.24) is 15.1 Å².